The Labute approximate surface area is 546 Å². The van der Waals surface area contributed by atoms with E-state index in [4.69, 9.17) is 28.3 Å². The summed E-state index contributed by atoms with van der Waals surface area (Å²) in [5.74, 6) is -13.6. The molecule has 1 heterocycles. The number of amides is 14. The van der Waals surface area contributed by atoms with E-state index in [9.17, 15) is 77.3 Å². The van der Waals surface area contributed by atoms with Gasteiger partial charge in [0, 0.05) is 55.9 Å². The number of phenolic OH excluding ortho intramolecular Hbond substituents is 1. The van der Waals surface area contributed by atoms with Gasteiger partial charge in [-0.2, -0.15) is 50.5 Å². The van der Waals surface area contributed by atoms with Crippen LogP contribution in [0.25, 0.3) is 0 Å². The standard InChI is InChI=1S/C53H86N18O16S4/c1-26(61-51(86)39-9-6-18-71(39)52(87)32(8-5-17-59-53(57)58)65-50(85)38(25-91)70-49(84)37(24-90)62-27(2)73)43(78)69-36(23-89)44(79)60-20-41(76)63-30(7-3-4-16-54)45(80)64-31(14-15-40(55)75)46(81)66-33(19-28-10-12-29(74)13-11-28)47(82)67-34(21-72)48(83)68-35(22-88)42(56)77/h10-13,26,30-39,72,74,88-91H,3-9,14-25,54H2,1-2H3,(H2,55,75)(H2,56,77)(H,60,79)(H,61,86)(H,62,73)(H,63,76)(H,64,80)(H,65,85)(H,66,81)(H,67,82)(H,68,83)(H,69,78)(H,70,84)(H4,57,58,59)/t26-,30-,31-,32-,33-,34-,35-,36-,37-,38-,39-/m0/s1. The van der Waals surface area contributed by atoms with Crippen LogP contribution in [0.4, 0.5) is 0 Å². The van der Waals surface area contributed by atoms with E-state index in [0.29, 0.717) is 18.4 Å². The zero-order valence-electron chi connectivity index (χ0n) is 50.3. The number of likely N-dealkylation sites (tertiary alicyclic amines) is 1. The second-order valence-corrected chi connectivity index (χ2v) is 22.4. The first-order valence-electron chi connectivity index (χ1n) is 28.8. The number of aromatic hydroxyl groups is 1. The zero-order valence-corrected chi connectivity index (χ0v) is 53.8. The molecule has 91 heavy (non-hydrogen) atoms. The molecule has 38 heteroatoms. The Morgan fingerprint density at radius 3 is 1.62 bits per heavy atom. The lowest BCUT2D eigenvalue weighted by Gasteiger charge is -2.30. The first kappa shape index (κ1) is 79.3. The number of aliphatic hydroxyl groups excluding tert-OH is 1. The van der Waals surface area contributed by atoms with E-state index >= 15 is 0 Å². The average molecular weight is 1360 g/mol. The number of benzene rings is 1. The molecule has 0 spiro atoms. The maximum Gasteiger partial charge on any atom is 0.245 e. The third-order valence-corrected chi connectivity index (χ3v) is 15.2. The maximum atomic E-state index is 14.2. The largest absolute Gasteiger partial charge is 0.508 e. The molecule has 1 aromatic rings. The van der Waals surface area contributed by atoms with Gasteiger partial charge in [-0.05, 0) is 82.5 Å². The number of aliphatic hydroxyl groups is 1. The maximum absolute atomic E-state index is 14.2. The Kier molecular flexibility index (Phi) is 36.2. The lowest BCUT2D eigenvalue weighted by molar-refractivity contribution is -0.142. The van der Waals surface area contributed by atoms with Crippen LogP contribution in [0.2, 0.25) is 0 Å². The summed E-state index contributed by atoms with van der Waals surface area (Å²) in [5.41, 5.74) is 22.2. The third kappa shape index (κ3) is 28.5. The summed E-state index contributed by atoms with van der Waals surface area (Å²) in [7, 11) is 0. The minimum absolute atomic E-state index is 0.0227. The Morgan fingerprint density at radius 2 is 1.07 bits per heavy atom. The molecule has 0 aromatic heterocycles. The van der Waals surface area contributed by atoms with Gasteiger partial charge in [-0.25, -0.2) is 0 Å². The summed E-state index contributed by atoms with van der Waals surface area (Å²) < 4.78 is 0. The number of guanidine groups is 1. The van der Waals surface area contributed by atoms with Crippen LogP contribution in [-0.2, 0) is 73.5 Å². The van der Waals surface area contributed by atoms with Crippen molar-refractivity contribution in [1.29, 1.82) is 5.41 Å². The monoisotopic (exact) mass is 1360 g/mol. The van der Waals surface area contributed by atoms with Crippen LogP contribution in [-0.4, -0.2) is 226 Å². The SMILES string of the molecule is CC(=O)N[C@@H](CS)C(=O)N[C@@H](CS)C(=O)N[C@@H](CCCNC(=N)N)C(=O)N1CCC[C@H]1C(=O)N[C@@H](C)C(=O)N[C@@H](CS)C(=O)NCC(=O)N[C@@H](CCCCN)C(=O)N[C@@H](CCC(N)=O)C(=O)N[C@@H](Cc1ccc(O)cc1)C(=O)N[C@@H](CO)C(=O)N[C@@H](CS)C(N)=O. The normalized spacial score (nSPS) is 15.9. The van der Waals surface area contributed by atoms with Gasteiger partial charge in [0.1, 0.15) is 72.2 Å². The fourth-order valence-electron chi connectivity index (χ4n) is 8.75. The number of phenols is 1. The van der Waals surface area contributed by atoms with Crippen molar-refractivity contribution >= 4 is 139 Å². The zero-order chi connectivity index (χ0) is 68.5. The summed E-state index contributed by atoms with van der Waals surface area (Å²) >= 11 is 16.4. The highest BCUT2D eigenvalue weighted by molar-refractivity contribution is 7.80. The van der Waals surface area contributed by atoms with Crippen LogP contribution < -0.4 is 86.7 Å². The summed E-state index contributed by atoms with van der Waals surface area (Å²) in [6.45, 7) is 1.10. The number of nitrogens with zero attached hydrogens (tertiary/aromatic N) is 1. The number of nitrogens with two attached hydrogens (primary N) is 4. The van der Waals surface area contributed by atoms with E-state index in [0.717, 1.165) is 0 Å². The summed E-state index contributed by atoms with van der Waals surface area (Å²) in [6.07, 6.45) is -0.0188. The Morgan fingerprint density at radius 1 is 0.582 bits per heavy atom. The van der Waals surface area contributed by atoms with Gasteiger partial charge >= 0.3 is 0 Å². The molecular weight excluding hydrogens is 1270 g/mol. The summed E-state index contributed by atoms with van der Waals surface area (Å²) in [6, 6.07) is -9.73. The molecule has 508 valence electrons. The van der Waals surface area contributed by atoms with Crippen LogP contribution in [0.15, 0.2) is 24.3 Å². The van der Waals surface area contributed by atoms with Crippen LogP contribution in [0, 0.1) is 5.41 Å². The van der Waals surface area contributed by atoms with Crippen LogP contribution in [0.3, 0.4) is 0 Å². The van der Waals surface area contributed by atoms with E-state index in [1.807, 2.05) is 0 Å². The van der Waals surface area contributed by atoms with Crippen molar-refractivity contribution in [2.45, 2.75) is 145 Å². The van der Waals surface area contributed by atoms with Crippen molar-refractivity contribution in [2.75, 3.05) is 55.8 Å². The number of primary amides is 2. The number of carbonyl (C=O) groups is 14. The predicted molar refractivity (Wildman–Crippen MR) is 342 cm³/mol. The van der Waals surface area contributed by atoms with Gasteiger partial charge in [-0.3, -0.25) is 72.5 Å². The highest BCUT2D eigenvalue weighted by atomic mass is 32.1. The molecular formula is C53H86N18O16S4. The fourth-order valence-corrected chi connectivity index (χ4v) is 9.80. The number of hydrogen-bond acceptors (Lipinski definition) is 22. The molecule has 34 nitrogen and oxygen atoms in total. The number of rotatable bonds is 41. The van der Waals surface area contributed by atoms with E-state index in [2.05, 4.69) is 114 Å². The van der Waals surface area contributed by atoms with Gasteiger partial charge in [0.15, 0.2) is 5.96 Å². The van der Waals surface area contributed by atoms with Crippen molar-refractivity contribution < 1.29 is 77.3 Å². The van der Waals surface area contributed by atoms with E-state index in [1.54, 1.807) is 0 Å². The molecule has 1 aliphatic rings. The van der Waals surface area contributed by atoms with Gasteiger partial charge in [0.05, 0.1) is 13.2 Å². The van der Waals surface area contributed by atoms with Crippen molar-refractivity contribution in [1.82, 2.24) is 68.7 Å². The Bertz CT molecular complexity index is 2720. The van der Waals surface area contributed by atoms with Gasteiger partial charge < -0.3 is 102 Å². The average Bonchev–Trinajstić information content (AvgIpc) is 2.00. The topological polar surface area (TPSA) is 555 Å². The van der Waals surface area contributed by atoms with Crippen molar-refractivity contribution in [2.24, 2.45) is 22.9 Å². The molecule has 23 N–H and O–H groups in total. The van der Waals surface area contributed by atoms with Gasteiger partial charge in [-0.15, -0.1) is 0 Å². The van der Waals surface area contributed by atoms with Gasteiger partial charge in [0.2, 0.25) is 82.7 Å². The van der Waals surface area contributed by atoms with Gasteiger partial charge in [-0.1, -0.05) is 12.1 Å². The molecule has 1 aliphatic heterocycles. The number of unbranched alkanes of at least 4 members (excludes halogenated alkanes) is 1. The van der Waals surface area contributed by atoms with Gasteiger partial charge in [0.25, 0.3) is 0 Å². The molecule has 11 atom stereocenters. The quantitative estimate of drug-likeness (QED) is 0.0125. The highest BCUT2D eigenvalue weighted by Gasteiger charge is 2.40. The number of thiol groups is 4. The first-order chi connectivity index (χ1) is 43.0. The fraction of sp³-hybridized carbons (Fsp3) is 0.604. The van der Waals surface area contributed by atoms with E-state index in [-0.39, 0.29) is 92.9 Å². The van der Waals surface area contributed by atoms with Crippen molar-refractivity contribution in [3.05, 3.63) is 29.8 Å². The molecule has 0 unspecified atom stereocenters. The summed E-state index contributed by atoms with van der Waals surface area (Å²) in [5, 5.41) is 56.7. The molecule has 1 saturated heterocycles. The summed E-state index contributed by atoms with van der Waals surface area (Å²) in [4.78, 5) is 186. The molecule has 1 fully saturated rings. The second kappa shape index (κ2) is 41.5. The first-order valence-corrected chi connectivity index (χ1v) is 31.3. The van der Waals surface area contributed by atoms with E-state index < -0.39 is 175 Å². The predicted octanol–water partition coefficient (Wildman–Crippen LogP) is -8.22. The number of nitrogens with one attached hydrogen (secondary N) is 13. The van der Waals surface area contributed by atoms with E-state index in [1.165, 1.54) is 43.0 Å². The Hall–Kier alpha value is -7.81. The molecule has 1 aromatic carbocycles. The molecule has 0 aliphatic carbocycles. The van der Waals surface area contributed by atoms with Crippen molar-refractivity contribution in [3.63, 3.8) is 0 Å². The molecule has 0 saturated carbocycles. The highest BCUT2D eigenvalue weighted by Crippen LogP contribution is 2.21. The number of carbonyl (C=O) groups excluding carboxylic acids is 14. The minimum atomic E-state index is -1.68. The lowest BCUT2D eigenvalue weighted by atomic mass is 10.0. The van der Waals surface area contributed by atoms with Crippen LogP contribution >= 0.6 is 50.5 Å². The molecule has 2 rings (SSSR count). The molecule has 14 amide bonds. The molecule has 0 bridgehead atoms. The van der Waals surface area contributed by atoms with Crippen LogP contribution in [0.1, 0.15) is 77.2 Å². The van der Waals surface area contributed by atoms with Crippen LogP contribution in [0.5, 0.6) is 5.75 Å². The van der Waals surface area contributed by atoms with Crippen molar-refractivity contribution in [3.8, 4) is 5.75 Å². The number of hydrogen-bond donors (Lipinski definition) is 23. The molecule has 0 radical (unpaired) electrons. The minimum Gasteiger partial charge on any atom is -0.508 e. The second-order valence-electron chi connectivity index (χ2n) is 20.9. The smallest absolute Gasteiger partial charge is 0.245 e. The Balaban J connectivity index is 2.23. The third-order valence-electron chi connectivity index (χ3n) is 13.7. The lowest BCUT2D eigenvalue weighted by Crippen LogP contribution is -2.60.